The average Bonchev–Trinajstić information content (AvgIpc) is 3.28. The minimum atomic E-state index is -3.84. The first-order valence-electron chi connectivity index (χ1n) is 12.7. The number of sulfonamides is 1. The van der Waals surface area contributed by atoms with Crippen LogP contribution in [-0.4, -0.2) is 32.6 Å². The lowest BCUT2D eigenvalue weighted by atomic mass is 9.84. The van der Waals surface area contributed by atoms with Crippen LogP contribution in [0.25, 0.3) is 11.1 Å². The van der Waals surface area contributed by atoms with Gasteiger partial charge in [-0.05, 0) is 71.0 Å². The largest absolute Gasteiger partial charge is 0.482 e. The predicted molar refractivity (Wildman–Crippen MR) is 152 cm³/mol. The topological polar surface area (TPSA) is 83.9 Å². The van der Waals surface area contributed by atoms with Gasteiger partial charge in [-0.1, -0.05) is 64.1 Å². The summed E-state index contributed by atoms with van der Waals surface area (Å²) in [5, 5.41) is 8.87. The minimum Gasteiger partial charge on any atom is -0.482 e. The quantitative estimate of drug-likeness (QED) is 0.316. The van der Waals surface area contributed by atoms with Gasteiger partial charge in [-0.3, -0.25) is 4.31 Å². The van der Waals surface area contributed by atoms with Crippen molar-refractivity contribution < 1.29 is 23.1 Å². The number of rotatable bonds is 9. The van der Waals surface area contributed by atoms with E-state index in [1.165, 1.54) is 28.1 Å². The molecule has 3 aromatic rings. The molecule has 1 heterocycles. The van der Waals surface area contributed by atoms with E-state index in [-0.39, 0.29) is 22.1 Å². The molecule has 0 radical (unpaired) electrons. The van der Waals surface area contributed by atoms with E-state index < -0.39 is 22.6 Å². The second-order valence-corrected chi connectivity index (χ2v) is 12.6. The van der Waals surface area contributed by atoms with Crippen LogP contribution in [0.3, 0.4) is 0 Å². The van der Waals surface area contributed by atoms with Gasteiger partial charge < -0.3 is 9.84 Å². The lowest BCUT2D eigenvalue weighted by Crippen LogP contribution is -2.30. The summed E-state index contributed by atoms with van der Waals surface area (Å²) in [6.45, 7) is 14.0. The van der Waals surface area contributed by atoms with Gasteiger partial charge >= 0.3 is 5.97 Å². The molecule has 1 aliphatic heterocycles. The Labute approximate surface area is 225 Å². The lowest BCUT2D eigenvalue weighted by Gasteiger charge is -2.21. The monoisotopic (exact) mass is 533 g/mol. The molecule has 1 atom stereocenters. The molecule has 3 aromatic carbocycles. The van der Waals surface area contributed by atoms with E-state index in [1.54, 1.807) is 6.92 Å². The fourth-order valence-corrected chi connectivity index (χ4v) is 6.45. The first-order chi connectivity index (χ1) is 17.8. The van der Waals surface area contributed by atoms with Crippen LogP contribution in [0.5, 0.6) is 5.75 Å². The fourth-order valence-electron chi connectivity index (χ4n) is 4.85. The second kappa shape index (κ2) is 10.3. The van der Waals surface area contributed by atoms with Gasteiger partial charge in [-0.2, -0.15) is 0 Å². The number of carboxylic acids is 1. The normalized spacial score (nSPS) is 15.4. The SMILES string of the molecule is C=CC(C)(C)c1ccc(-c2ccc3c(c2)C(C(C)C)CN3S(=O)(=O)c2ccc(OCC(=O)O)c(C)c2)cc1. The number of ether oxygens (including phenoxy) is 1. The molecule has 0 fully saturated rings. The molecule has 1 aliphatic rings. The van der Waals surface area contributed by atoms with Crippen molar-refractivity contribution in [1.82, 2.24) is 0 Å². The number of fused-ring (bicyclic) bond motifs is 1. The molecular weight excluding hydrogens is 498 g/mol. The molecule has 0 spiro atoms. The van der Waals surface area contributed by atoms with E-state index in [1.807, 2.05) is 18.2 Å². The Bertz CT molecular complexity index is 1470. The molecule has 0 amide bonds. The Morgan fingerprint density at radius 1 is 1.11 bits per heavy atom. The smallest absolute Gasteiger partial charge is 0.341 e. The number of carbonyl (C=O) groups is 1. The van der Waals surface area contributed by atoms with Crippen LogP contribution < -0.4 is 9.04 Å². The minimum absolute atomic E-state index is 0.0537. The van der Waals surface area contributed by atoms with Crippen molar-refractivity contribution >= 4 is 21.7 Å². The Morgan fingerprint density at radius 3 is 2.34 bits per heavy atom. The number of aryl methyl sites for hydroxylation is 1. The molecule has 1 N–H and O–H groups in total. The average molecular weight is 534 g/mol. The molecular formula is C31H35NO5S. The van der Waals surface area contributed by atoms with Gasteiger partial charge in [0, 0.05) is 17.9 Å². The Balaban J connectivity index is 1.69. The maximum atomic E-state index is 13.8. The van der Waals surface area contributed by atoms with Crippen LogP contribution in [0, 0.1) is 12.8 Å². The molecule has 0 aromatic heterocycles. The fraction of sp³-hybridized carbons (Fsp3) is 0.323. The van der Waals surface area contributed by atoms with Crippen molar-refractivity contribution in [1.29, 1.82) is 0 Å². The molecule has 0 aliphatic carbocycles. The van der Waals surface area contributed by atoms with E-state index in [0.29, 0.717) is 23.5 Å². The highest BCUT2D eigenvalue weighted by molar-refractivity contribution is 7.92. The van der Waals surface area contributed by atoms with Gasteiger partial charge in [0.2, 0.25) is 0 Å². The molecule has 38 heavy (non-hydrogen) atoms. The van der Waals surface area contributed by atoms with E-state index >= 15 is 0 Å². The molecule has 7 heteroatoms. The highest BCUT2D eigenvalue weighted by atomic mass is 32.2. The summed E-state index contributed by atoms with van der Waals surface area (Å²) in [7, 11) is -3.84. The van der Waals surface area contributed by atoms with E-state index in [9.17, 15) is 13.2 Å². The number of nitrogens with zero attached hydrogens (tertiary/aromatic N) is 1. The maximum absolute atomic E-state index is 13.8. The summed E-state index contributed by atoms with van der Waals surface area (Å²) in [5.41, 5.74) is 5.47. The Morgan fingerprint density at radius 2 is 1.76 bits per heavy atom. The zero-order valence-corrected chi connectivity index (χ0v) is 23.4. The number of carboxylic acid groups (broad SMARTS) is 1. The Hall–Kier alpha value is -3.58. The number of allylic oxidation sites excluding steroid dienone is 1. The summed E-state index contributed by atoms with van der Waals surface area (Å²) in [6, 6.07) is 19.0. The molecule has 1 unspecified atom stereocenters. The van der Waals surface area contributed by atoms with Crippen molar-refractivity contribution in [2.75, 3.05) is 17.5 Å². The van der Waals surface area contributed by atoms with Crippen molar-refractivity contribution in [3.8, 4) is 16.9 Å². The number of hydrogen-bond donors (Lipinski definition) is 1. The first-order valence-corrected chi connectivity index (χ1v) is 14.2. The second-order valence-electron chi connectivity index (χ2n) is 10.8. The summed E-state index contributed by atoms with van der Waals surface area (Å²) < 4.78 is 34.4. The van der Waals surface area contributed by atoms with Crippen LogP contribution in [0.15, 0.2) is 78.2 Å². The number of hydrogen-bond acceptors (Lipinski definition) is 4. The lowest BCUT2D eigenvalue weighted by molar-refractivity contribution is -0.139. The molecule has 0 saturated heterocycles. The van der Waals surface area contributed by atoms with E-state index in [0.717, 1.165) is 16.7 Å². The van der Waals surface area contributed by atoms with Crippen LogP contribution in [0.4, 0.5) is 5.69 Å². The highest BCUT2D eigenvalue weighted by Crippen LogP contribution is 2.45. The summed E-state index contributed by atoms with van der Waals surface area (Å²) in [4.78, 5) is 11.0. The van der Waals surface area contributed by atoms with Crippen molar-refractivity contribution in [3.63, 3.8) is 0 Å². The van der Waals surface area contributed by atoms with Gasteiger partial charge in [-0.25, -0.2) is 13.2 Å². The van der Waals surface area contributed by atoms with Gasteiger partial charge in [0.1, 0.15) is 5.75 Å². The van der Waals surface area contributed by atoms with Crippen LogP contribution >= 0.6 is 0 Å². The van der Waals surface area contributed by atoms with Gasteiger partial charge in [0.05, 0.1) is 10.6 Å². The zero-order chi connectivity index (χ0) is 27.8. The van der Waals surface area contributed by atoms with E-state index in [4.69, 9.17) is 9.84 Å². The molecule has 0 bridgehead atoms. The molecule has 4 rings (SSSR count). The van der Waals surface area contributed by atoms with Crippen LogP contribution in [0.1, 0.15) is 50.3 Å². The third kappa shape index (κ3) is 5.20. The van der Waals surface area contributed by atoms with Gasteiger partial charge in [0.25, 0.3) is 10.0 Å². The standard InChI is InChI=1S/C31H35NO5S/c1-7-31(5,6)24-11-8-22(9-12-24)23-10-14-28-26(17-23)27(20(2)3)18-32(28)38(35,36)25-13-15-29(21(4)16-25)37-19-30(33)34/h7-17,20,27H,1,18-19H2,2-6H3,(H,33,34). The van der Waals surface area contributed by atoms with Crippen molar-refractivity contribution in [2.24, 2.45) is 5.92 Å². The summed E-state index contributed by atoms with van der Waals surface area (Å²) in [5.74, 6) is -0.447. The highest BCUT2D eigenvalue weighted by Gasteiger charge is 2.38. The third-order valence-corrected chi connectivity index (χ3v) is 9.20. The molecule has 200 valence electrons. The zero-order valence-electron chi connectivity index (χ0n) is 22.6. The molecule has 0 saturated carbocycles. The summed E-state index contributed by atoms with van der Waals surface area (Å²) >= 11 is 0. The van der Waals surface area contributed by atoms with Crippen molar-refractivity contribution in [3.05, 3.63) is 90.0 Å². The summed E-state index contributed by atoms with van der Waals surface area (Å²) in [6.07, 6.45) is 1.94. The molecule has 6 nitrogen and oxygen atoms in total. The number of anilines is 1. The number of aliphatic carboxylic acids is 1. The Kier molecular flexibility index (Phi) is 7.44. The third-order valence-electron chi connectivity index (χ3n) is 7.42. The predicted octanol–water partition coefficient (Wildman–Crippen LogP) is 6.54. The van der Waals surface area contributed by atoms with Crippen molar-refractivity contribution in [2.45, 2.75) is 50.8 Å². The maximum Gasteiger partial charge on any atom is 0.341 e. The first kappa shape index (κ1) is 27.5. The van der Waals surface area contributed by atoms with Crippen LogP contribution in [-0.2, 0) is 20.2 Å². The van der Waals surface area contributed by atoms with E-state index in [2.05, 4.69) is 64.6 Å². The van der Waals surface area contributed by atoms with Gasteiger partial charge in [0.15, 0.2) is 6.61 Å². The van der Waals surface area contributed by atoms with Crippen LogP contribution in [0.2, 0.25) is 0 Å². The number of benzene rings is 3. The van der Waals surface area contributed by atoms with Gasteiger partial charge in [-0.15, -0.1) is 6.58 Å².